The Morgan fingerprint density at radius 1 is 1.14 bits per heavy atom. The fourth-order valence-electron chi connectivity index (χ4n) is 6.49. The molecule has 4 N–H and O–H groups in total. The highest BCUT2D eigenvalue weighted by atomic mass is 32.1. The standard InChI is InChI=1S/C35H43N7O6S/c1-42(28-12-13-30(44)41-32(28)46)21-26-24(22-43)8-5-10-27(26)39-31(45)23-48-18-7-16-36-33(47)35(14-3-2-4-15-35)20-25-9-6-11-29(38-25)40-34-37-17-19-49-34/h5-6,8-11,17,19,22,28H,2-4,7,12-16,18,20-21,23H2,1H3,(H,36,47)(H,39,45)(H,37,38,40)(H,41,44,46). The van der Waals surface area contributed by atoms with Gasteiger partial charge in [0.2, 0.25) is 23.6 Å². The molecular weight excluding hydrogens is 646 g/mol. The van der Waals surface area contributed by atoms with Gasteiger partial charge in [-0.15, -0.1) is 11.3 Å². The molecule has 49 heavy (non-hydrogen) atoms. The van der Waals surface area contributed by atoms with Crippen LogP contribution in [0.2, 0.25) is 0 Å². The summed E-state index contributed by atoms with van der Waals surface area (Å²) < 4.78 is 5.62. The lowest BCUT2D eigenvalue weighted by atomic mass is 9.70. The van der Waals surface area contributed by atoms with Crippen LogP contribution in [0.4, 0.5) is 16.6 Å². The molecule has 0 radical (unpaired) electrons. The summed E-state index contributed by atoms with van der Waals surface area (Å²) in [6.07, 6.45) is 8.85. The number of carbonyl (C=O) groups excluding carboxylic acids is 5. The minimum Gasteiger partial charge on any atom is -0.372 e. The normalized spacial score (nSPS) is 17.3. The van der Waals surface area contributed by atoms with Crippen molar-refractivity contribution < 1.29 is 28.7 Å². The maximum absolute atomic E-state index is 13.6. The molecule has 2 fully saturated rings. The molecule has 3 heterocycles. The lowest BCUT2D eigenvalue weighted by Gasteiger charge is -2.35. The molecule has 1 aliphatic carbocycles. The number of likely N-dealkylation sites (N-methyl/N-ethyl adjacent to an activating group) is 1. The van der Waals surface area contributed by atoms with Crippen LogP contribution in [0.1, 0.15) is 73.0 Å². The van der Waals surface area contributed by atoms with Crippen LogP contribution in [-0.4, -0.2) is 77.6 Å². The molecule has 5 rings (SSSR count). The van der Waals surface area contributed by atoms with Gasteiger partial charge in [0.15, 0.2) is 5.13 Å². The van der Waals surface area contributed by atoms with Gasteiger partial charge in [0, 0.05) is 66.6 Å². The summed E-state index contributed by atoms with van der Waals surface area (Å²) in [4.78, 5) is 72.9. The van der Waals surface area contributed by atoms with Crippen LogP contribution in [0.5, 0.6) is 0 Å². The number of aromatic nitrogens is 2. The Kier molecular flexibility index (Phi) is 12.6. The molecule has 1 saturated heterocycles. The molecule has 1 unspecified atom stereocenters. The molecule has 1 atom stereocenters. The third-order valence-electron chi connectivity index (χ3n) is 9.03. The third kappa shape index (κ3) is 9.77. The van der Waals surface area contributed by atoms with E-state index in [2.05, 4.69) is 26.3 Å². The number of ether oxygens (including phenoxy) is 1. The van der Waals surface area contributed by atoms with E-state index in [0.29, 0.717) is 54.7 Å². The number of piperidine rings is 1. The fourth-order valence-corrected chi connectivity index (χ4v) is 7.02. The largest absolute Gasteiger partial charge is 0.372 e. The van der Waals surface area contributed by atoms with Crippen LogP contribution in [0.15, 0.2) is 48.0 Å². The Hall–Kier alpha value is -4.53. The van der Waals surface area contributed by atoms with E-state index in [1.165, 1.54) is 11.3 Å². The predicted molar refractivity (Wildman–Crippen MR) is 185 cm³/mol. The van der Waals surface area contributed by atoms with Gasteiger partial charge in [-0.3, -0.25) is 34.2 Å². The number of aldehydes is 1. The smallest absolute Gasteiger partial charge is 0.250 e. The molecule has 14 heteroatoms. The SMILES string of the molecule is CN(Cc1c(C=O)cccc1NC(=O)COCCCNC(=O)C1(Cc2cccc(Nc3nccs3)n2)CCCCC1)C1CCC(=O)NC1=O. The Balaban J connectivity index is 1.08. The molecule has 2 aliphatic rings. The van der Waals surface area contributed by atoms with Crippen LogP contribution in [-0.2, 0) is 36.9 Å². The number of imide groups is 1. The average molecular weight is 690 g/mol. The number of anilines is 3. The van der Waals surface area contributed by atoms with Crippen molar-refractivity contribution in [2.45, 2.75) is 70.4 Å². The maximum Gasteiger partial charge on any atom is 0.250 e. The van der Waals surface area contributed by atoms with E-state index in [9.17, 15) is 24.0 Å². The zero-order valence-electron chi connectivity index (χ0n) is 27.7. The van der Waals surface area contributed by atoms with Crippen LogP contribution in [0.25, 0.3) is 0 Å². The Labute approximate surface area is 289 Å². The number of carbonyl (C=O) groups is 5. The minimum atomic E-state index is -0.530. The summed E-state index contributed by atoms with van der Waals surface area (Å²) in [5.41, 5.74) is 1.74. The number of amides is 4. The molecule has 4 amide bonds. The molecule has 13 nitrogen and oxygen atoms in total. The van der Waals surface area contributed by atoms with Gasteiger partial charge in [0.25, 0.3) is 0 Å². The van der Waals surface area contributed by atoms with Crippen molar-refractivity contribution in [2.75, 3.05) is 37.4 Å². The Bertz CT molecular complexity index is 1630. The Morgan fingerprint density at radius 3 is 2.71 bits per heavy atom. The van der Waals surface area contributed by atoms with Crippen LogP contribution in [0, 0.1) is 5.41 Å². The number of rotatable bonds is 16. The molecule has 0 spiro atoms. The molecular formula is C35H43N7O6S. The highest BCUT2D eigenvalue weighted by Gasteiger charge is 2.39. The first-order chi connectivity index (χ1) is 23.8. The van der Waals surface area contributed by atoms with Gasteiger partial charge in [0.05, 0.1) is 11.5 Å². The summed E-state index contributed by atoms with van der Waals surface area (Å²) in [7, 11) is 1.74. The van der Waals surface area contributed by atoms with E-state index in [-0.39, 0.29) is 43.9 Å². The van der Waals surface area contributed by atoms with Gasteiger partial charge in [0.1, 0.15) is 18.7 Å². The second-order valence-corrected chi connectivity index (χ2v) is 13.5. The number of thiazole rings is 1. The van der Waals surface area contributed by atoms with Crippen molar-refractivity contribution in [2.24, 2.45) is 5.41 Å². The molecule has 3 aromatic rings. The molecule has 1 aliphatic heterocycles. The second-order valence-electron chi connectivity index (χ2n) is 12.6. The molecule has 1 saturated carbocycles. The monoisotopic (exact) mass is 689 g/mol. The van der Waals surface area contributed by atoms with Crippen LogP contribution >= 0.6 is 11.3 Å². The molecule has 0 bridgehead atoms. The highest BCUT2D eigenvalue weighted by Crippen LogP contribution is 2.39. The quantitative estimate of drug-likeness (QED) is 0.0980. The van der Waals surface area contributed by atoms with Gasteiger partial charge in [-0.1, -0.05) is 37.5 Å². The molecule has 1 aromatic carbocycles. The zero-order valence-corrected chi connectivity index (χ0v) is 28.5. The second kappa shape index (κ2) is 17.2. The number of pyridine rings is 1. The topological polar surface area (TPSA) is 172 Å². The van der Waals surface area contributed by atoms with Gasteiger partial charge in [-0.25, -0.2) is 9.97 Å². The van der Waals surface area contributed by atoms with E-state index in [1.807, 2.05) is 23.6 Å². The summed E-state index contributed by atoms with van der Waals surface area (Å²) in [6, 6.07) is 10.3. The van der Waals surface area contributed by atoms with Crippen molar-refractivity contribution >= 4 is 57.9 Å². The first-order valence-electron chi connectivity index (χ1n) is 16.7. The predicted octanol–water partition coefficient (Wildman–Crippen LogP) is 3.99. The summed E-state index contributed by atoms with van der Waals surface area (Å²) >= 11 is 1.50. The number of hydrogen-bond acceptors (Lipinski definition) is 11. The van der Waals surface area contributed by atoms with Crippen molar-refractivity contribution in [3.8, 4) is 0 Å². The van der Waals surface area contributed by atoms with Crippen molar-refractivity contribution in [1.29, 1.82) is 0 Å². The van der Waals surface area contributed by atoms with Crippen molar-refractivity contribution in [3.05, 3.63) is 64.8 Å². The number of nitrogens with one attached hydrogen (secondary N) is 4. The number of benzene rings is 1. The van der Waals surface area contributed by atoms with Gasteiger partial charge >= 0.3 is 0 Å². The lowest BCUT2D eigenvalue weighted by molar-refractivity contribution is -0.137. The first kappa shape index (κ1) is 35.8. The van der Waals surface area contributed by atoms with Gasteiger partial charge in [-0.05, 0) is 50.9 Å². The van der Waals surface area contributed by atoms with E-state index in [4.69, 9.17) is 9.72 Å². The van der Waals surface area contributed by atoms with E-state index < -0.39 is 17.4 Å². The zero-order chi connectivity index (χ0) is 34.6. The lowest BCUT2D eigenvalue weighted by Crippen LogP contribution is -2.51. The van der Waals surface area contributed by atoms with Crippen molar-refractivity contribution in [3.63, 3.8) is 0 Å². The summed E-state index contributed by atoms with van der Waals surface area (Å²) in [6.45, 7) is 0.693. The van der Waals surface area contributed by atoms with E-state index in [1.54, 1.807) is 36.3 Å². The number of hydrogen-bond donors (Lipinski definition) is 4. The Morgan fingerprint density at radius 2 is 1.96 bits per heavy atom. The number of nitrogens with zero attached hydrogens (tertiary/aromatic N) is 3. The van der Waals surface area contributed by atoms with E-state index in [0.717, 1.165) is 42.9 Å². The maximum atomic E-state index is 13.6. The third-order valence-corrected chi connectivity index (χ3v) is 9.72. The first-order valence-corrected chi connectivity index (χ1v) is 17.5. The minimum absolute atomic E-state index is 0.0230. The van der Waals surface area contributed by atoms with Crippen molar-refractivity contribution in [1.82, 2.24) is 25.5 Å². The van der Waals surface area contributed by atoms with Crippen LogP contribution < -0.4 is 21.3 Å². The molecule has 2 aromatic heterocycles. The summed E-state index contributed by atoms with van der Waals surface area (Å²) in [5.74, 6) is -0.351. The fraction of sp³-hybridized carbons (Fsp3) is 0.457. The summed E-state index contributed by atoms with van der Waals surface area (Å²) in [5, 5.41) is 14.2. The van der Waals surface area contributed by atoms with Gasteiger partial charge in [-0.2, -0.15) is 0 Å². The van der Waals surface area contributed by atoms with Crippen LogP contribution in [0.3, 0.4) is 0 Å². The average Bonchev–Trinajstić information content (AvgIpc) is 3.60. The van der Waals surface area contributed by atoms with Gasteiger partial charge < -0.3 is 20.7 Å². The highest BCUT2D eigenvalue weighted by molar-refractivity contribution is 7.13. The molecule has 260 valence electrons. The van der Waals surface area contributed by atoms with E-state index >= 15 is 0 Å².